The zero-order chi connectivity index (χ0) is 17.3. The Bertz CT molecular complexity index is 751. The fourth-order valence-corrected chi connectivity index (χ4v) is 2.90. The monoisotopic (exact) mass is 326 g/mol. The molecule has 0 amide bonds. The maximum atomic E-state index is 12.6. The molecule has 124 valence electrons. The van der Waals surface area contributed by atoms with E-state index in [0.29, 0.717) is 0 Å². The van der Waals surface area contributed by atoms with Crippen molar-refractivity contribution < 1.29 is 4.79 Å². The minimum atomic E-state index is 0.182. The number of hydrogen-bond acceptors (Lipinski definition) is 1. The van der Waals surface area contributed by atoms with Gasteiger partial charge in [-0.1, -0.05) is 97.1 Å². The molecule has 1 aliphatic rings. The highest BCUT2D eigenvalue weighted by Gasteiger charge is 2.18. The zero-order valence-corrected chi connectivity index (χ0v) is 14.3. The quantitative estimate of drug-likeness (QED) is 0.628. The van der Waals surface area contributed by atoms with Gasteiger partial charge >= 0.3 is 0 Å². The van der Waals surface area contributed by atoms with Crippen LogP contribution in [0.25, 0.3) is 12.2 Å². The van der Waals surface area contributed by atoms with Crippen LogP contribution >= 0.6 is 0 Å². The van der Waals surface area contributed by atoms with Crippen molar-refractivity contribution in [2.45, 2.75) is 19.3 Å². The van der Waals surface area contributed by atoms with Crippen molar-refractivity contribution in [3.8, 4) is 0 Å². The van der Waals surface area contributed by atoms with Gasteiger partial charge in [0.05, 0.1) is 0 Å². The predicted octanol–water partition coefficient (Wildman–Crippen LogP) is 6.02. The first kappa shape index (κ1) is 16.9. The van der Waals surface area contributed by atoms with Crippen LogP contribution in [-0.2, 0) is 4.79 Å². The van der Waals surface area contributed by atoms with Crippen molar-refractivity contribution in [2.75, 3.05) is 0 Å². The van der Waals surface area contributed by atoms with Crippen LogP contribution < -0.4 is 0 Å². The van der Waals surface area contributed by atoms with Gasteiger partial charge in [0.15, 0.2) is 5.78 Å². The van der Waals surface area contributed by atoms with Gasteiger partial charge in [0.2, 0.25) is 0 Å². The molecule has 1 heteroatoms. The first-order valence-electron chi connectivity index (χ1n) is 8.72. The second-order valence-electron chi connectivity index (χ2n) is 6.11. The molecule has 1 saturated carbocycles. The molecule has 0 aromatic heterocycles. The molecule has 0 aliphatic heterocycles. The molecule has 0 N–H and O–H groups in total. The van der Waals surface area contributed by atoms with E-state index >= 15 is 0 Å². The van der Waals surface area contributed by atoms with Crippen LogP contribution in [0, 0.1) is 0 Å². The maximum absolute atomic E-state index is 12.6. The number of carbonyl (C=O) groups is 1. The summed E-state index contributed by atoms with van der Waals surface area (Å²) in [5.74, 6) is 0.182. The first-order chi connectivity index (χ1) is 12.3. The molecule has 2 aromatic carbocycles. The van der Waals surface area contributed by atoms with Crippen molar-refractivity contribution >= 4 is 17.9 Å². The number of benzene rings is 2. The Balaban J connectivity index is 1.68. The summed E-state index contributed by atoms with van der Waals surface area (Å²) in [5, 5.41) is 0. The summed E-state index contributed by atoms with van der Waals surface area (Å²) in [6.07, 6.45) is 14.7. The molecule has 3 rings (SSSR count). The van der Waals surface area contributed by atoms with Gasteiger partial charge in [0, 0.05) is 0 Å². The lowest BCUT2D eigenvalue weighted by atomic mass is 9.88. The molecule has 0 heterocycles. The smallest absolute Gasteiger partial charge is 0.184 e. The minimum Gasteiger partial charge on any atom is -0.289 e. The van der Waals surface area contributed by atoms with E-state index in [4.69, 9.17) is 0 Å². The fraction of sp³-hybridized carbons (Fsp3) is 0.125. The number of Topliss-reactive ketones (excluding diaryl/α,β-unsaturated/α-hetero) is 1. The average Bonchev–Trinajstić information content (AvgIpc) is 2.66. The maximum Gasteiger partial charge on any atom is 0.184 e. The number of carbonyl (C=O) groups excluding carboxylic acids is 1. The summed E-state index contributed by atoms with van der Waals surface area (Å²) in [6.45, 7) is 0. The lowest BCUT2D eigenvalue weighted by molar-refractivity contribution is -0.113. The van der Waals surface area contributed by atoms with Crippen molar-refractivity contribution in [2.24, 2.45) is 0 Å². The number of ketones is 1. The molecule has 0 radical (unpaired) electrons. The molecule has 1 nitrogen and oxygen atoms in total. The van der Waals surface area contributed by atoms with Gasteiger partial charge in [-0.3, -0.25) is 4.79 Å². The summed E-state index contributed by atoms with van der Waals surface area (Å²) in [5.41, 5.74) is 4.09. The van der Waals surface area contributed by atoms with Gasteiger partial charge in [0.1, 0.15) is 0 Å². The van der Waals surface area contributed by atoms with Gasteiger partial charge in [-0.25, -0.2) is 0 Å². The number of rotatable bonds is 4. The third-order valence-electron chi connectivity index (χ3n) is 4.25. The standard InChI is InChI=1S/C24H22O/c25-24-22(16-7-14-20-10-3-1-4-11-20)18-9-19-23(24)17-8-15-21-12-5-2-6-13-21/h1-8,10-17H,9,18-19H2/b14-7-,15-8-,22-16-,23-17+. The van der Waals surface area contributed by atoms with E-state index in [0.717, 1.165) is 41.5 Å². The molecule has 0 spiro atoms. The Morgan fingerprint density at radius 3 is 1.52 bits per heavy atom. The molecule has 25 heavy (non-hydrogen) atoms. The molecule has 0 unspecified atom stereocenters. The molecule has 2 aromatic rings. The number of hydrogen-bond donors (Lipinski definition) is 0. The van der Waals surface area contributed by atoms with E-state index in [1.54, 1.807) is 0 Å². The third kappa shape index (κ3) is 5.02. The average molecular weight is 326 g/mol. The van der Waals surface area contributed by atoms with E-state index in [1.807, 2.05) is 72.9 Å². The normalized spacial score (nSPS) is 18.6. The fourth-order valence-electron chi connectivity index (χ4n) is 2.90. The second-order valence-corrected chi connectivity index (χ2v) is 6.11. The molecular weight excluding hydrogens is 304 g/mol. The summed E-state index contributed by atoms with van der Waals surface area (Å²) in [6, 6.07) is 20.3. The third-order valence-corrected chi connectivity index (χ3v) is 4.25. The molecule has 1 aliphatic carbocycles. The summed E-state index contributed by atoms with van der Waals surface area (Å²) in [4.78, 5) is 12.6. The first-order valence-corrected chi connectivity index (χ1v) is 8.72. The largest absolute Gasteiger partial charge is 0.289 e. The van der Waals surface area contributed by atoms with Crippen LogP contribution in [0.3, 0.4) is 0 Å². The molecular formula is C24H22O. The van der Waals surface area contributed by atoms with Crippen molar-refractivity contribution in [3.05, 3.63) is 107 Å². The molecule has 1 fully saturated rings. The SMILES string of the molecule is O=C1/C(=C\C=C/c2ccccc2)CCC/C1=C\C=C/c1ccccc1. The Labute approximate surface area is 149 Å². The van der Waals surface area contributed by atoms with Gasteiger partial charge in [-0.05, 0) is 41.5 Å². The van der Waals surface area contributed by atoms with E-state index in [2.05, 4.69) is 24.3 Å². The summed E-state index contributed by atoms with van der Waals surface area (Å²) in [7, 11) is 0. The highest BCUT2D eigenvalue weighted by atomic mass is 16.1. The second kappa shape index (κ2) is 8.79. The van der Waals surface area contributed by atoms with Crippen molar-refractivity contribution in [1.82, 2.24) is 0 Å². The molecule has 0 saturated heterocycles. The highest BCUT2D eigenvalue weighted by Crippen LogP contribution is 2.25. The lowest BCUT2D eigenvalue weighted by Crippen LogP contribution is -2.12. The lowest BCUT2D eigenvalue weighted by Gasteiger charge is -2.15. The Morgan fingerprint density at radius 1 is 0.640 bits per heavy atom. The van der Waals surface area contributed by atoms with Crippen molar-refractivity contribution in [3.63, 3.8) is 0 Å². The topological polar surface area (TPSA) is 17.1 Å². The van der Waals surface area contributed by atoms with E-state index in [1.165, 1.54) is 0 Å². The van der Waals surface area contributed by atoms with E-state index in [-0.39, 0.29) is 5.78 Å². The van der Waals surface area contributed by atoms with Crippen LogP contribution in [-0.4, -0.2) is 5.78 Å². The van der Waals surface area contributed by atoms with Gasteiger partial charge in [-0.15, -0.1) is 0 Å². The zero-order valence-electron chi connectivity index (χ0n) is 14.3. The Kier molecular flexibility index (Phi) is 5.95. The summed E-state index contributed by atoms with van der Waals surface area (Å²) >= 11 is 0. The minimum absolute atomic E-state index is 0.182. The predicted molar refractivity (Wildman–Crippen MR) is 106 cm³/mol. The van der Waals surface area contributed by atoms with Gasteiger partial charge in [0.25, 0.3) is 0 Å². The van der Waals surface area contributed by atoms with Crippen LogP contribution in [0.15, 0.2) is 96.1 Å². The van der Waals surface area contributed by atoms with E-state index in [9.17, 15) is 4.79 Å². The van der Waals surface area contributed by atoms with Crippen LogP contribution in [0.1, 0.15) is 30.4 Å². The molecule has 0 atom stereocenters. The Hall–Kier alpha value is -2.93. The van der Waals surface area contributed by atoms with Crippen LogP contribution in [0.2, 0.25) is 0 Å². The van der Waals surface area contributed by atoms with Gasteiger partial charge < -0.3 is 0 Å². The summed E-state index contributed by atoms with van der Waals surface area (Å²) < 4.78 is 0. The number of allylic oxidation sites excluding steroid dienone is 6. The molecule has 0 bridgehead atoms. The van der Waals surface area contributed by atoms with Crippen LogP contribution in [0.4, 0.5) is 0 Å². The Morgan fingerprint density at radius 2 is 1.08 bits per heavy atom. The van der Waals surface area contributed by atoms with Crippen LogP contribution in [0.5, 0.6) is 0 Å². The van der Waals surface area contributed by atoms with Crippen molar-refractivity contribution in [1.29, 1.82) is 0 Å². The van der Waals surface area contributed by atoms with Gasteiger partial charge in [-0.2, -0.15) is 0 Å². The van der Waals surface area contributed by atoms with E-state index < -0.39 is 0 Å². The highest BCUT2D eigenvalue weighted by molar-refractivity contribution is 6.09.